The normalized spacial score (nSPS) is 24.5. The van der Waals surface area contributed by atoms with Crippen LogP contribution in [0.25, 0.3) is 0 Å². The number of likely N-dealkylation sites (tertiary alicyclic amines) is 1. The van der Waals surface area contributed by atoms with Gasteiger partial charge in [-0.15, -0.1) is 0 Å². The van der Waals surface area contributed by atoms with Gasteiger partial charge in [-0.25, -0.2) is 0 Å². The first-order chi connectivity index (χ1) is 11.2. The summed E-state index contributed by atoms with van der Waals surface area (Å²) in [5, 5.41) is 4.29. The van der Waals surface area contributed by atoms with Crippen LogP contribution in [0.1, 0.15) is 59.7 Å². The number of aromatic nitrogens is 1. The molecule has 5 nitrogen and oxygen atoms in total. The summed E-state index contributed by atoms with van der Waals surface area (Å²) in [6.07, 6.45) is 6.84. The van der Waals surface area contributed by atoms with Crippen molar-refractivity contribution in [3.63, 3.8) is 0 Å². The Morgan fingerprint density at radius 3 is 3.13 bits per heavy atom. The average molecular weight is 314 g/mol. The van der Waals surface area contributed by atoms with Gasteiger partial charge in [0.25, 0.3) is 5.91 Å². The summed E-state index contributed by atoms with van der Waals surface area (Å²) in [4.78, 5) is 14.4. The van der Waals surface area contributed by atoms with Gasteiger partial charge < -0.3 is 13.8 Å². The summed E-state index contributed by atoms with van der Waals surface area (Å²) in [5.41, 5.74) is 2.44. The molecule has 4 rings (SSSR count). The summed E-state index contributed by atoms with van der Waals surface area (Å²) in [7, 11) is 0. The third-order valence-electron chi connectivity index (χ3n) is 5.14. The number of carbonyl (C=O) groups is 1. The van der Waals surface area contributed by atoms with Crippen LogP contribution in [0, 0.1) is 5.92 Å². The maximum atomic E-state index is 12.5. The Balaban J connectivity index is 1.54. The van der Waals surface area contributed by atoms with E-state index in [0.29, 0.717) is 18.2 Å². The molecule has 2 atom stereocenters. The van der Waals surface area contributed by atoms with Crippen LogP contribution in [0.4, 0.5) is 0 Å². The van der Waals surface area contributed by atoms with Crippen LogP contribution in [0.3, 0.4) is 0 Å². The number of hydrogen-bond donors (Lipinski definition) is 0. The van der Waals surface area contributed by atoms with E-state index in [1.165, 1.54) is 12.0 Å². The molecule has 2 unspecified atom stereocenters. The standard InChI is InChI=1S/C18H22N2O3/c1-12-6-7-15-14(10-12)17(23-19-15)13-4-2-8-20(11-13)18(21)16-5-3-9-22-16/h3,5,9,12-13H,2,4,6-8,10-11H2,1H3. The lowest BCUT2D eigenvalue weighted by atomic mass is 9.84. The fourth-order valence-corrected chi connectivity index (χ4v) is 3.86. The summed E-state index contributed by atoms with van der Waals surface area (Å²) in [6, 6.07) is 3.48. The predicted octanol–water partition coefficient (Wildman–Crippen LogP) is 3.41. The topological polar surface area (TPSA) is 59.5 Å². The summed E-state index contributed by atoms with van der Waals surface area (Å²) < 4.78 is 11.0. The molecule has 1 aliphatic heterocycles. The van der Waals surface area contributed by atoms with Crippen molar-refractivity contribution in [2.75, 3.05) is 13.1 Å². The highest BCUT2D eigenvalue weighted by molar-refractivity contribution is 5.91. The third kappa shape index (κ3) is 2.69. The molecular weight excluding hydrogens is 292 g/mol. The molecule has 1 amide bonds. The molecule has 1 saturated heterocycles. The fraction of sp³-hybridized carbons (Fsp3) is 0.556. The van der Waals surface area contributed by atoms with Gasteiger partial charge in [0, 0.05) is 24.6 Å². The lowest BCUT2D eigenvalue weighted by Gasteiger charge is -2.31. The minimum absolute atomic E-state index is 0.0264. The minimum Gasteiger partial charge on any atom is -0.459 e. The van der Waals surface area contributed by atoms with E-state index in [-0.39, 0.29) is 11.8 Å². The van der Waals surface area contributed by atoms with Crippen LogP contribution < -0.4 is 0 Å². The van der Waals surface area contributed by atoms with E-state index < -0.39 is 0 Å². The predicted molar refractivity (Wildman–Crippen MR) is 84.3 cm³/mol. The number of rotatable bonds is 2. The highest BCUT2D eigenvalue weighted by Gasteiger charge is 2.33. The molecule has 0 aromatic carbocycles. The number of carbonyl (C=O) groups excluding carboxylic acids is 1. The Labute approximate surface area is 135 Å². The third-order valence-corrected chi connectivity index (χ3v) is 5.14. The molecule has 0 spiro atoms. The number of amides is 1. The van der Waals surface area contributed by atoms with Gasteiger partial charge in [-0.1, -0.05) is 12.1 Å². The number of fused-ring (bicyclic) bond motifs is 1. The van der Waals surface area contributed by atoms with Crippen LogP contribution in [0.2, 0.25) is 0 Å². The van der Waals surface area contributed by atoms with E-state index in [9.17, 15) is 4.79 Å². The van der Waals surface area contributed by atoms with Crippen molar-refractivity contribution in [1.82, 2.24) is 10.1 Å². The number of nitrogens with zero attached hydrogens (tertiary/aromatic N) is 2. The quantitative estimate of drug-likeness (QED) is 0.852. The van der Waals surface area contributed by atoms with E-state index >= 15 is 0 Å². The van der Waals surface area contributed by atoms with Crippen molar-refractivity contribution in [2.24, 2.45) is 5.92 Å². The fourth-order valence-electron chi connectivity index (χ4n) is 3.86. The maximum Gasteiger partial charge on any atom is 0.289 e. The highest BCUT2D eigenvalue weighted by atomic mass is 16.5. The summed E-state index contributed by atoms with van der Waals surface area (Å²) >= 11 is 0. The van der Waals surface area contributed by atoms with E-state index in [2.05, 4.69) is 12.1 Å². The van der Waals surface area contributed by atoms with Crippen molar-refractivity contribution < 1.29 is 13.7 Å². The van der Waals surface area contributed by atoms with E-state index in [0.717, 1.165) is 43.7 Å². The zero-order valence-corrected chi connectivity index (χ0v) is 13.5. The Kier molecular flexibility index (Phi) is 3.71. The Morgan fingerprint density at radius 2 is 2.30 bits per heavy atom. The molecule has 23 heavy (non-hydrogen) atoms. The number of hydrogen-bond acceptors (Lipinski definition) is 4. The SMILES string of the molecule is CC1CCc2noc(C3CCCN(C(=O)c4ccco4)C3)c2C1. The van der Waals surface area contributed by atoms with E-state index in [1.807, 2.05) is 4.90 Å². The molecule has 0 N–H and O–H groups in total. The van der Waals surface area contributed by atoms with Crippen molar-refractivity contribution in [3.05, 3.63) is 41.2 Å². The molecule has 2 aliphatic rings. The molecule has 3 heterocycles. The van der Waals surface area contributed by atoms with Gasteiger partial charge in [-0.05, 0) is 50.2 Å². The first-order valence-electron chi connectivity index (χ1n) is 8.52. The first-order valence-corrected chi connectivity index (χ1v) is 8.52. The van der Waals surface area contributed by atoms with Gasteiger partial charge in [0.1, 0.15) is 5.76 Å². The van der Waals surface area contributed by atoms with Gasteiger partial charge in [-0.3, -0.25) is 4.79 Å². The smallest absolute Gasteiger partial charge is 0.289 e. The molecule has 2 aromatic heterocycles. The summed E-state index contributed by atoms with van der Waals surface area (Å²) in [5.74, 6) is 2.35. The number of furan rings is 1. The van der Waals surface area contributed by atoms with Crippen molar-refractivity contribution in [3.8, 4) is 0 Å². The zero-order valence-electron chi connectivity index (χ0n) is 13.5. The van der Waals surface area contributed by atoms with Crippen LogP contribution in [-0.2, 0) is 12.8 Å². The van der Waals surface area contributed by atoms with Crippen LogP contribution >= 0.6 is 0 Å². The molecule has 1 aliphatic carbocycles. The van der Waals surface area contributed by atoms with E-state index in [1.54, 1.807) is 18.4 Å². The van der Waals surface area contributed by atoms with Gasteiger partial charge in [0.15, 0.2) is 5.76 Å². The van der Waals surface area contributed by atoms with Gasteiger partial charge in [0.2, 0.25) is 0 Å². The Bertz CT molecular complexity index is 689. The van der Waals surface area contributed by atoms with Gasteiger partial charge in [0.05, 0.1) is 12.0 Å². The molecule has 2 aromatic rings. The Hall–Kier alpha value is -2.04. The van der Waals surface area contributed by atoms with Crippen LogP contribution in [0.5, 0.6) is 0 Å². The molecule has 0 saturated carbocycles. The molecular formula is C18H22N2O3. The molecule has 0 bridgehead atoms. The second-order valence-electron chi connectivity index (χ2n) is 6.89. The highest BCUT2D eigenvalue weighted by Crippen LogP contribution is 2.35. The largest absolute Gasteiger partial charge is 0.459 e. The monoisotopic (exact) mass is 314 g/mol. The zero-order chi connectivity index (χ0) is 15.8. The lowest BCUT2D eigenvalue weighted by molar-refractivity contribution is 0.0665. The minimum atomic E-state index is -0.0264. The summed E-state index contributed by atoms with van der Waals surface area (Å²) in [6.45, 7) is 3.76. The average Bonchev–Trinajstić information content (AvgIpc) is 3.23. The van der Waals surface area contributed by atoms with E-state index in [4.69, 9.17) is 8.94 Å². The number of aryl methyl sites for hydroxylation is 1. The number of piperidine rings is 1. The van der Waals surface area contributed by atoms with Gasteiger partial charge >= 0.3 is 0 Å². The second-order valence-corrected chi connectivity index (χ2v) is 6.89. The molecule has 5 heteroatoms. The molecule has 122 valence electrons. The molecule has 0 radical (unpaired) electrons. The van der Waals surface area contributed by atoms with Crippen molar-refractivity contribution >= 4 is 5.91 Å². The van der Waals surface area contributed by atoms with Crippen LogP contribution in [0.15, 0.2) is 27.3 Å². The Morgan fingerprint density at radius 1 is 1.39 bits per heavy atom. The maximum absolute atomic E-state index is 12.5. The van der Waals surface area contributed by atoms with Gasteiger partial charge in [-0.2, -0.15) is 0 Å². The molecule has 1 fully saturated rings. The lowest BCUT2D eigenvalue weighted by Crippen LogP contribution is -2.39. The van der Waals surface area contributed by atoms with Crippen molar-refractivity contribution in [2.45, 2.75) is 44.9 Å². The second kappa shape index (κ2) is 5.87. The first kappa shape index (κ1) is 14.5. The van der Waals surface area contributed by atoms with Crippen LogP contribution in [-0.4, -0.2) is 29.1 Å². The van der Waals surface area contributed by atoms with Crippen molar-refractivity contribution in [1.29, 1.82) is 0 Å².